The zero-order valence-electron chi connectivity index (χ0n) is 16.7. The molecule has 0 aliphatic carbocycles. The number of nitrogens with zero attached hydrogens (tertiary/aromatic N) is 2. The van der Waals surface area contributed by atoms with E-state index in [1.807, 2.05) is 60.0 Å². The molecule has 5 rings (SSSR count). The Morgan fingerprint density at radius 1 is 0.968 bits per heavy atom. The Bertz CT molecular complexity index is 1270. The van der Waals surface area contributed by atoms with E-state index in [9.17, 15) is 4.79 Å². The zero-order chi connectivity index (χ0) is 21.0. The maximum atomic E-state index is 12.9. The molecule has 3 aromatic carbocycles. The molecule has 5 nitrogen and oxygen atoms in total. The van der Waals surface area contributed by atoms with E-state index in [4.69, 9.17) is 0 Å². The van der Waals surface area contributed by atoms with Gasteiger partial charge in [0, 0.05) is 23.3 Å². The summed E-state index contributed by atoms with van der Waals surface area (Å²) in [5, 5.41) is 5.71. The number of H-pyrrole nitrogens is 1. The quantitative estimate of drug-likeness (QED) is 0.359. The highest BCUT2D eigenvalue weighted by molar-refractivity contribution is 7.13. The van der Waals surface area contributed by atoms with Gasteiger partial charge in [0.2, 0.25) is 5.91 Å². The monoisotopic (exact) mass is 424 g/mol. The van der Waals surface area contributed by atoms with Gasteiger partial charge in [-0.05, 0) is 29.3 Å². The first-order valence-electron chi connectivity index (χ1n) is 10.0. The summed E-state index contributed by atoms with van der Waals surface area (Å²) >= 11 is 1.51. The summed E-state index contributed by atoms with van der Waals surface area (Å²) in [5.74, 6) is 0.511. The minimum Gasteiger partial charge on any atom is -0.345 e. The number of hydrogen-bond donors (Lipinski definition) is 2. The van der Waals surface area contributed by atoms with Gasteiger partial charge in [-0.1, -0.05) is 60.7 Å². The highest BCUT2D eigenvalue weighted by Gasteiger charge is 2.19. The lowest BCUT2D eigenvalue weighted by atomic mass is 9.88. The van der Waals surface area contributed by atoms with E-state index in [1.54, 1.807) is 6.33 Å². The van der Waals surface area contributed by atoms with Crippen LogP contribution in [0.1, 0.15) is 23.5 Å². The van der Waals surface area contributed by atoms with Crippen LogP contribution in [0.15, 0.2) is 90.6 Å². The molecule has 152 valence electrons. The number of aromatic amines is 1. The Hall–Kier alpha value is -3.77. The summed E-state index contributed by atoms with van der Waals surface area (Å²) in [6, 6.07) is 26.3. The smallest absolute Gasteiger partial charge is 0.226 e. The van der Waals surface area contributed by atoms with Crippen LogP contribution in [0.3, 0.4) is 0 Å². The third-order valence-electron chi connectivity index (χ3n) is 5.23. The summed E-state index contributed by atoms with van der Waals surface area (Å²) in [6.45, 7) is 0. The van der Waals surface area contributed by atoms with Crippen molar-refractivity contribution in [3.8, 4) is 10.6 Å². The molecule has 0 unspecified atom stereocenters. The zero-order valence-corrected chi connectivity index (χ0v) is 17.5. The average Bonchev–Trinajstić information content (AvgIpc) is 3.47. The summed E-state index contributed by atoms with van der Waals surface area (Å²) < 4.78 is 0. The normalized spacial score (nSPS) is 11.1. The largest absolute Gasteiger partial charge is 0.345 e. The van der Waals surface area contributed by atoms with E-state index in [0.717, 1.165) is 32.7 Å². The van der Waals surface area contributed by atoms with Crippen molar-refractivity contribution in [1.82, 2.24) is 15.0 Å². The molecule has 1 amide bonds. The first kappa shape index (κ1) is 19.2. The van der Waals surface area contributed by atoms with Crippen LogP contribution in [-0.4, -0.2) is 20.9 Å². The topological polar surface area (TPSA) is 70.7 Å². The van der Waals surface area contributed by atoms with E-state index in [1.165, 1.54) is 11.3 Å². The van der Waals surface area contributed by atoms with Crippen molar-refractivity contribution in [2.24, 2.45) is 0 Å². The third-order valence-corrected chi connectivity index (χ3v) is 6.12. The van der Waals surface area contributed by atoms with Crippen molar-refractivity contribution in [3.63, 3.8) is 0 Å². The number of rotatable bonds is 6. The van der Waals surface area contributed by atoms with Crippen LogP contribution in [0.4, 0.5) is 5.82 Å². The molecular formula is C25H20N4OS. The molecule has 6 heteroatoms. The van der Waals surface area contributed by atoms with E-state index in [-0.39, 0.29) is 11.8 Å². The molecule has 31 heavy (non-hydrogen) atoms. The number of imidazole rings is 1. The molecule has 0 aliphatic rings. The lowest BCUT2D eigenvalue weighted by Crippen LogP contribution is -2.16. The predicted molar refractivity (Wildman–Crippen MR) is 125 cm³/mol. The number of anilines is 1. The van der Waals surface area contributed by atoms with Crippen LogP contribution in [0, 0.1) is 0 Å². The van der Waals surface area contributed by atoms with Crippen LogP contribution in [0.5, 0.6) is 0 Å². The van der Waals surface area contributed by atoms with Gasteiger partial charge in [0.15, 0.2) is 0 Å². The van der Waals surface area contributed by atoms with Gasteiger partial charge in [0.05, 0.1) is 17.4 Å². The summed E-state index contributed by atoms with van der Waals surface area (Å²) in [6.07, 6.45) is 2.03. The van der Waals surface area contributed by atoms with Crippen molar-refractivity contribution in [2.45, 2.75) is 12.3 Å². The fraction of sp³-hybridized carbons (Fsp3) is 0.0800. The average molecular weight is 425 g/mol. The van der Waals surface area contributed by atoms with Crippen LogP contribution < -0.4 is 5.32 Å². The molecule has 0 spiro atoms. The lowest BCUT2D eigenvalue weighted by molar-refractivity contribution is -0.116. The van der Waals surface area contributed by atoms with Crippen molar-refractivity contribution >= 4 is 34.1 Å². The minimum absolute atomic E-state index is 0.0108. The van der Waals surface area contributed by atoms with Gasteiger partial charge in [-0.25, -0.2) is 9.97 Å². The molecule has 2 aromatic heterocycles. The highest BCUT2D eigenvalue weighted by Crippen LogP contribution is 2.30. The van der Waals surface area contributed by atoms with Crippen LogP contribution in [-0.2, 0) is 4.79 Å². The standard InChI is InChI=1S/C25H20N4OS/c30-24(14-20(17-7-3-1-4-8-17)18-9-5-2-6-10-18)28-23-15-31-25(29-23)19-11-12-21-22(13-19)27-16-26-21/h1-13,15-16,20H,14H2,(H,26,27)(H,28,30). The molecule has 2 N–H and O–H groups in total. The molecule has 0 aliphatic heterocycles. The van der Waals surface area contributed by atoms with E-state index in [0.29, 0.717) is 12.2 Å². The first-order chi connectivity index (χ1) is 15.3. The number of benzene rings is 3. The molecule has 0 atom stereocenters. The highest BCUT2D eigenvalue weighted by atomic mass is 32.1. The molecule has 2 heterocycles. The van der Waals surface area contributed by atoms with Crippen molar-refractivity contribution in [2.75, 3.05) is 5.32 Å². The maximum Gasteiger partial charge on any atom is 0.226 e. The van der Waals surface area contributed by atoms with E-state index in [2.05, 4.69) is 44.5 Å². The number of thiazole rings is 1. The first-order valence-corrected chi connectivity index (χ1v) is 10.9. The SMILES string of the molecule is O=C(CC(c1ccccc1)c1ccccc1)Nc1csc(-c2ccc3nc[nH]c3c2)n1. The third kappa shape index (κ3) is 4.25. The van der Waals surface area contributed by atoms with Gasteiger partial charge in [0.1, 0.15) is 10.8 Å². The molecule has 5 aromatic rings. The molecule has 0 bridgehead atoms. The van der Waals surface area contributed by atoms with Crippen molar-refractivity contribution < 1.29 is 4.79 Å². The van der Waals surface area contributed by atoms with Crippen molar-refractivity contribution in [1.29, 1.82) is 0 Å². The molecule has 0 fully saturated rings. The molecule has 0 saturated heterocycles. The van der Waals surface area contributed by atoms with Gasteiger partial charge in [-0.3, -0.25) is 4.79 Å². The van der Waals surface area contributed by atoms with E-state index < -0.39 is 0 Å². The lowest BCUT2D eigenvalue weighted by Gasteiger charge is -2.17. The van der Waals surface area contributed by atoms with Gasteiger partial charge < -0.3 is 10.3 Å². The van der Waals surface area contributed by atoms with Gasteiger partial charge in [-0.15, -0.1) is 11.3 Å². The second-order valence-corrected chi connectivity index (χ2v) is 8.16. The van der Waals surface area contributed by atoms with Gasteiger partial charge in [-0.2, -0.15) is 0 Å². The second-order valence-electron chi connectivity index (χ2n) is 7.30. The van der Waals surface area contributed by atoms with Gasteiger partial charge >= 0.3 is 0 Å². The predicted octanol–water partition coefficient (Wildman–Crippen LogP) is 5.85. The van der Waals surface area contributed by atoms with Crippen LogP contribution in [0.25, 0.3) is 21.6 Å². The number of aromatic nitrogens is 3. The number of nitrogens with one attached hydrogen (secondary N) is 2. The molecule has 0 radical (unpaired) electrons. The Labute approximate surface area is 183 Å². The Kier molecular flexibility index (Phi) is 5.29. The number of carbonyl (C=O) groups is 1. The second kappa shape index (κ2) is 8.53. The Balaban J connectivity index is 1.33. The maximum absolute atomic E-state index is 12.9. The van der Waals surface area contributed by atoms with Crippen LogP contribution >= 0.6 is 11.3 Å². The molecule has 0 saturated carbocycles. The Morgan fingerprint density at radius 2 is 1.68 bits per heavy atom. The van der Waals surface area contributed by atoms with Crippen molar-refractivity contribution in [3.05, 3.63) is 102 Å². The summed E-state index contributed by atoms with van der Waals surface area (Å²) in [5.41, 5.74) is 5.12. The van der Waals surface area contributed by atoms with E-state index >= 15 is 0 Å². The fourth-order valence-corrected chi connectivity index (χ4v) is 4.46. The number of carbonyl (C=O) groups excluding carboxylic acids is 1. The minimum atomic E-state index is -0.0569. The number of amides is 1. The van der Waals surface area contributed by atoms with Gasteiger partial charge in [0.25, 0.3) is 0 Å². The number of fused-ring (bicyclic) bond motifs is 1. The molecular weight excluding hydrogens is 404 g/mol. The Morgan fingerprint density at radius 3 is 2.39 bits per heavy atom. The summed E-state index contributed by atoms with van der Waals surface area (Å²) in [4.78, 5) is 24.9. The van der Waals surface area contributed by atoms with Crippen LogP contribution in [0.2, 0.25) is 0 Å². The summed E-state index contributed by atoms with van der Waals surface area (Å²) in [7, 11) is 0. The number of hydrogen-bond acceptors (Lipinski definition) is 4. The fourth-order valence-electron chi connectivity index (χ4n) is 3.71.